The Labute approximate surface area is 131 Å². The molecule has 1 aromatic heterocycles. The number of carbonyl (C=O) groups excluding carboxylic acids is 2. The van der Waals surface area contributed by atoms with Crippen LogP contribution >= 0.6 is 11.6 Å². The van der Waals surface area contributed by atoms with Crippen molar-refractivity contribution in [1.29, 1.82) is 0 Å². The van der Waals surface area contributed by atoms with Gasteiger partial charge in [-0.3, -0.25) is 4.98 Å². The molecule has 1 aromatic carbocycles. The van der Waals surface area contributed by atoms with E-state index < -0.39 is 17.7 Å². The van der Waals surface area contributed by atoms with Gasteiger partial charge < -0.3 is 9.47 Å². The highest BCUT2D eigenvalue weighted by Gasteiger charge is 2.38. The lowest BCUT2D eigenvalue weighted by Gasteiger charge is -2.29. The monoisotopic (exact) mass is 317 g/mol. The zero-order chi connectivity index (χ0) is 15.9. The van der Waals surface area contributed by atoms with Crippen molar-refractivity contribution in [2.75, 3.05) is 0 Å². The number of ether oxygens (including phenoxy) is 2. The molecule has 1 fully saturated rings. The Morgan fingerprint density at radius 3 is 2.50 bits per heavy atom. The fourth-order valence-electron chi connectivity index (χ4n) is 2.18. The standard InChI is InChI=1S/C16H12ClNO4/c1-16(2)21-14(19)11(15(20)22-16)8-9-5-6-12-10(13(9)17)4-3-7-18-12/h3-8H,1-2H3. The van der Waals surface area contributed by atoms with Crippen molar-refractivity contribution >= 4 is 40.5 Å². The predicted molar refractivity (Wildman–Crippen MR) is 81.0 cm³/mol. The van der Waals surface area contributed by atoms with Crippen LogP contribution in [0.1, 0.15) is 19.4 Å². The summed E-state index contributed by atoms with van der Waals surface area (Å²) in [7, 11) is 0. The van der Waals surface area contributed by atoms with Gasteiger partial charge in [0.2, 0.25) is 0 Å². The van der Waals surface area contributed by atoms with Crippen LogP contribution < -0.4 is 0 Å². The molecule has 0 atom stereocenters. The van der Waals surface area contributed by atoms with E-state index in [0.717, 1.165) is 10.9 Å². The molecule has 0 saturated carbocycles. The maximum Gasteiger partial charge on any atom is 0.348 e. The zero-order valence-corrected chi connectivity index (χ0v) is 12.7. The molecular weight excluding hydrogens is 306 g/mol. The summed E-state index contributed by atoms with van der Waals surface area (Å²) in [6, 6.07) is 7.02. The Morgan fingerprint density at radius 2 is 1.82 bits per heavy atom. The first kappa shape index (κ1) is 14.5. The molecule has 1 aliphatic heterocycles. The Balaban J connectivity index is 2.07. The van der Waals surface area contributed by atoms with Gasteiger partial charge in [0.1, 0.15) is 5.57 Å². The summed E-state index contributed by atoms with van der Waals surface area (Å²) in [5.41, 5.74) is 1.06. The number of hydrogen-bond acceptors (Lipinski definition) is 5. The number of carbonyl (C=O) groups is 2. The van der Waals surface area contributed by atoms with Crippen molar-refractivity contribution in [3.8, 4) is 0 Å². The molecule has 0 amide bonds. The number of aromatic nitrogens is 1. The summed E-state index contributed by atoms with van der Waals surface area (Å²) in [5.74, 6) is -2.73. The molecule has 2 heterocycles. The van der Waals surface area contributed by atoms with E-state index in [1.54, 1.807) is 24.4 Å². The second-order valence-corrected chi connectivity index (χ2v) is 5.65. The molecule has 0 bridgehead atoms. The molecular formula is C16H12ClNO4. The van der Waals surface area contributed by atoms with E-state index in [0.29, 0.717) is 10.6 Å². The second-order valence-electron chi connectivity index (χ2n) is 5.28. The van der Waals surface area contributed by atoms with E-state index in [1.807, 2.05) is 6.07 Å². The molecule has 112 valence electrons. The largest absolute Gasteiger partial charge is 0.419 e. The number of nitrogens with zero attached hydrogens (tertiary/aromatic N) is 1. The molecule has 2 aromatic rings. The van der Waals surface area contributed by atoms with E-state index in [9.17, 15) is 9.59 Å². The van der Waals surface area contributed by atoms with E-state index >= 15 is 0 Å². The first-order chi connectivity index (χ1) is 10.4. The number of pyridine rings is 1. The molecule has 0 unspecified atom stereocenters. The summed E-state index contributed by atoms with van der Waals surface area (Å²) in [6.07, 6.45) is 3.03. The van der Waals surface area contributed by atoms with Gasteiger partial charge in [0.25, 0.3) is 5.79 Å². The zero-order valence-electron chi connectivity index (χ0n) is 11.9. The number of fused-ring (bicyclic) bond motifs is 1. The first-order valence-electron chi connectivity index (χ1n) is 6.59. The van der Waals surface area contributed by atoms with Crippen LogP contribution in [-0.2, 0) is 19.1 Å². The van der Waals surface area contributed by atoms with Crippen molar-refractivity contribution in [1.82, 2.24) is 4.98 Å². The van der Waals surface area contributed by atoms with Crippen molar-refractivity contribution in [2.45, 2.75) is 19.6 Å². The van der Waals surface area contributed by atoms with E-state index in [4.69, 9.17) is 21.1 Å². The molecule has 22 heavy (non-hydrogen) atoms. The third-order valence-corrected chi connectivity index (χ3v) is 3.59. The van der Waals surface area contributed by atoms with Gasteiger partial charge in [0, 0.05) is 25.4 Å². The summed E-state index contributed by atoms with van der Waals surface area (Å²) < 4.78 is 10.1. The van der Waals surface area contributed by atoms with Crippen LogP contribution in [0.15, 0.2) is 36.0 Å². The summed E-state index contributed by atoms with van der Waals surface area (Å²) in [4.78, 5) is 28.1. The number of esters is 2. The fraction of sp³-hybridized carbons (Fsp3) is 0.188. The molecule has 0 aliphatic carbocycles. The minimum atomic E-state index is -1.26. The van der Waals surface area contributed by atoms with E-state index in [1.165, 1.54) is 19.9 Å². The molecule has 3 rings (SSSR count). The highest BCUT2D eigenvalue weighted by Crippen LogP contribution is 2.30. The molecule has 1 aliphatic rings. The van der Waals surface area contributed by atoms with Gasteiger partial charge >= 0.3 is 11.9 Å². The summed E-state index contributed by atoms with van der Waals surface area (Å²) in [5, 5.41) is 1.14. The highest BCUT2D eigenvalue weighted by atomic mass is 35.5. The predicted octanol–water partition coefficient (Wildman–Crippen LogP) is 3.11. The minimum absolute atomic E-state index is 0.190. The van der Waals surface area contributed by atoms with Gasteiger partial charge in [-0.25, -0.2) is 9.59 Å². The van der Waals surface area contributed by atoms with Crippen LogP contribution in [0.2, 0.25) is 5.02 Å². The summed E-state index contributed by atoms with van der Waals surface area (Å²) in [6.45, 7) is 2.99. The van der Waals surface area contributed by atoms with Gasteiger partial charge in [-0.15, -0.1) is 0 Å². The molecule has 0 N–H and O–H groups in total. The van der Waals surface area contributed by atoms with E-state index in [2.05, 4.69) is 4.98 Å². The SMILES string of the molecule is CC1(C)OC(=O)C(=Cc2ccc3ncccc3c2Cl)C(=O)O1. The Kier molecular flexibility index (Phi) is 3.37. The first-order valence-corrected chi connectivity index (χ1v) is 6.97. The maximum absolute atomic E-state index is 12.0. The average molecular weight is 318 g/mol. The van der Waals surface area contributed by atoms with Crippen molar-refractivity contribution in [2.24, 2.45) is 0 Å². The smallest absolute Gasteiger partial charge is 0.348 e. The summed E-state index contributed by atoms with van der Waals surface area (Å²) >= 11 is 6.32. The number of benzene rings is 1. The molecule has 1 saturated heterocycles. The number of cyclic esters (lactones) is 2. The highest BCUT2D eigenvalue weighted by molar-refractivity contribution is 6.37. The number of rotatable bonds is 1. The molecule has 5 nitrogen and oxygen atoms in total. The van der Waals surface area contributed by atoms with Gasteiger partial charge in [0.05, 0.1) is 10.5 Å². The Hall–Kier alpha value is -2.40. The molecule has 6 heteroatoms. The fourth-order valence-corrected chi connectivity index (χ4v) is 2.46. The van der Waals surface area contributed by atoms with Crippen LogP contribution in [-0.4, -0.2) is 22.7 Å². The molecule has 0 spiro atoms. The quantitative estimate of drug-likeness (QED) is 0.459. The van der Waals surface area contributed by atoms with Gasteiger partial charge in [0.15, 0.2) is 0 Å². The maximum atomic E-state index is 12.0. The third-order valence-electron chi connectivity index (χ3n) is 3.17. The van der Waals surface area contributed by atoms with Crippen LogP contribution in [0.5, 0.6) is 0 Å². The lowest BCUT2D eigenvalue weighted by atomic mass is 10.1. The van der Waals surface area contributed by atoms with Crippen molar-refractivity contribution < 1.29 is 19.1 Å². The van der Waals surface area contributed by atoms with Crippen LogP contribution in [0, 0.1) is 0 Å². The third kappa shape index (κ3) is 2.55. The normalized spacial score (nSPS) is 17.1. The van der Waals surface area contributed by atoms with E-state index in [-0.39, 0.29) is 5.57 Å². The van der Waals surface area contributed by atoms with Crippen molar-refractivity contribution in [3.63, 3.8) is 0 Å². The van der Waals surface area contributed by atoms with Gasteiger partial charge in [-0.05, 0) is 29.8 Å². The van der Waals surface area contributed by atoms with Crippen LogP contribution in [0.3, 0.4) is 0 Å². The van der Waals surface area contributed by atoms with Gasteiger partial charge in [-0.1, -0.05) is 17.7 Å². The topological polar surface area (TPSA) is 65.5 Å². The van der Waals surface area contributed by atoms with Crippen LogP contribution in [0.25, 0.3) is 17.0 Å². The Bertz CT molecular complexity index is 804. The van der Waals surface area contributed by atoms with Crippen molar-refractivity contribution in [3.05, 3.63) is 46.6 Å². The minimum Gasteiger partial charge on any atom is -0.419 e. The second kappa shape index (κ2) is 5.10. The number of hydrogen-bond donors (Lipinski definition) is 0. The molecule has 0 radical (unpaired) electrons. The Morgan fingerprint density at radius 1 is 1.14 bits per heavy atom. The lowest BCUT2D eigenvalue weighted by Crippen LogP contribution is -2.41. The van der Waals surface area contributed by atoms with Gasteiger partial charge in [-0.2, -0.15) is 0 Å². The lowest BCUT2D eigenvalue weighted by molar-refractivity contribution is -0.222. The van der Waals surface area contributed by atoms with Crippen LogP contribution in [0.4, 0.5) is 0 Å². The number of halogens is 1. The average Bonchev–Trinajstić information content (AvgIpc) is 2.44.